The third-order valence-electron chi connectivity index (χ3n) is 1.51. The summed E-state index contributed by atoms with van der Waals surface area (Å²) in [6.07, 6.45) is 1.47. The lowest BCUT2D eigenvalue weighted by molar-refractivity contribution is 0.343. The van der Waals surface area contributed by atoms with Gasteiger partial charge in [-0.25, -0.2) is 0 Å². The van der Waals surface area contributed by atoms with E-state index in [-0.39, 0.29) is 6.61 Å². The van der Waals surface area contributed by atoms with Gasteiger partial charge in [0.05, 0.1) is 6.61 Å². The molecule has 0 aliphatic carbocycles. The highest BCUT2D eigenvalue weighted by Crippen LogP contribution is 2.14. The Kier molecular flexibility index (Phi) is 3.57. The second-order valence-corrected chi connectivity index (χ2v) is 2.33. The number of nitrogens with zero attached hydrogens (tertiary/aromatic N) is 3. The molecule has 0 atom stereocenters. The van der Waals surface area contributed by atoms with Gasteiger partial charge in [0.25, 0.3) is 0 Å². The van der Waals surface area contributed by atoms with Crippen LogP contribution in [-0.4, -0.2) is 11.7 Å². The molecular formula is C9H9N3O. The maximum Gasteiger partial charge on any atom is 0.0620 e. The van der Waals surface area contributed by atoms with Crippen molar-refractivity contribution in [1.29, 1.82) is 0 Å². The van der Waals surface area contributed by atoms with Gasteiger partial charge in [0, 0.05) is 10.6 Å². The van der Waals surface area contributed by atoms with E-state index in [1.54, 1.807) is 0 Å². The maximum atomic E-state index is 8.66. The van der Waals surface area contributed by atoms with Crippen LogP contribution in [0.3, 0.4) is 0 Å². The summed E-state index contributed by atoms with van der Waals surface area (Å²) in [6.45, 7) is -0.136. The molecule has 0 saturated carbocycles. The Morgan fingerprint density at radius 2 is 2.15 bits per heavy atom. The zero-order valence-corrected chi connectivity index (χ0v) is 6.96. The van der Waals surface area contributed by atoms with E-state index in [1.807, 2.05) is 30.3 Å². The molecule has 0 unspecified atom stereocenters. The largest absolute Gasteiger partial charge is 0.392 e. The number of benzene rings is 1. The van der Waals surface area contributed by atoms with Crippen molar-refractivity contribution in [2.75, 3.05) is 6.61 Å². The van der Waals surface area contributed by atoms with Crippen molar-refractivity contribution in [1.82, 2.24) is 0 Å². The predicted octanol–water partition coefficient (Wildman–Crippen LogP) is 2.33. The van der Waals surface area contributed by atoms with Crippen molar-refractivity contribution in [3.8, 4) is 0 Å². The molecule has 0 aliphatic heterocycles. The molecule has 0 amide bonds. The van der Waals surface area contributed by atoms with Crippen LogP contribution in [0.4, 0.5) is 0 Å². The zero-order valence-electron chi connectivity index (χ0n) is 6.96. The third-order valence-corrected chi connectivity index (χ3v) is 1.51. The molecule has 0 fully saturated rings. The van der Waals surface area contributed by atoms with Gasteiger partial charge in [-0.15, -0.1) is 0 Å². The van der Waals surface area contributed by atoms with Crippen LogP contribution in [0.25, 0.3) is 16.1 Å². The van der Waals surface area contributed by atoms with Crippen molar-refractivity contribution in [2.45, 2.75) is 0 Å². The first-order valence-corrected chi connectivity index (χ1v) is 3.80. The average molecular weight is 175 g/mol. The van der Waals surface area contributed by atoms with Gasteiger partial charge in [0.2, 0.25) is 0 Å². The second-order valence-electron chi connectivity index (χ2n) is 2.33. The highest BCUT2D eigenvalue weighted by Gasteiger charge is 1.95. The minimum atomic E-state index is -0.136. The molecule has 13 heavy (non-hydrogen) atoms. The summed E-state index contributed by atoms with van der Waals surface area (Å²) in [6, 6.07) is 9.18. The number of azide groups is 1. The van der Waals surface area contributed by atoms with Gasteiger partial charge in [0.1, 0.15) is 0 Å². The van der Waals surface area contributed by atoms with E-state index in [1.165, 1.54) is 6.08 Å². The molecule has 1 aromatic carbocycles. The van der Waals surface area contributed by atoms with E-state index >= 15 is 0 Å². The van der Waals surface area contributed by atoms with Gasteiger partial charge in [-0.05, 0) is 17.2 Å². The molecule has 1 rings (SSSR count). The number of aliphatic hydroxyl groups is 1. The Morgan fingerprint density at radius 1 is 1.46 bits per heavy atom. The molecule has 4 nitrogen and oxygen atoms in total. The number of aliphatic hydroxyl groups excluding tert-OH is 1. The summed E-state index contributed by atoms with van der Waals surface area (Å²) in [5, 5.41) is 12.1. The first-order chi connectivity index (χ1) is 6.38. The summed E-state index contributed by atoms with van der Waals surface area (Å²) in [5.41, 5.74) is 9.51. The van der Waals surface area contributed by atoms with Gasteiger partial charge in [-0.2, -0.15) is 0 Å². The average Bonchev–Trinajstić information content (AvgIpc) is 2.19. The van der Waals surface area contributed by atoms with Crippen LogP contribution in [-0.2, 0) is 0 Å². The fourth-order valence-corrected chi connectivity index (χ4v) is 0.960. The molecule has 66 valence electrons. The van der Waals surface area contributed by atoms with Crippen LogP contribution in [0, 0.1) is 0 Å². The van der Waals surface area contributed by atoms with Gasteiger partial charge < -0.3 is 5.11 Å². The first kappa shape index (κ1) is 9.32. The minimum Gasteiger partial charge on any atom is -0.392 e. The lowest BCUT2D eigenvalue weighted by Crippen LogP contribution is -1.81. The number of hydrogen-bond acceptors (Lipinski definition) is 2. The molecule has 1 aromatic rings. The predicted molar refractivity (Wildman–Crippen MR) is 50.7 cm³/mol. The third kappa shape index (κ3) is 2.63. The number of rotatable bonds is 3. The van der Waals surface area contributed by atoms with E-state index < -0.39 is 0 Å². The first-order valence-electron chi connectivity index (χ1n) is 3.80. The highest BCUT2D eigenvalue weighted by atomic mass is 16.2. The Hall–Kier alpha value is -1.77. The maximum absolute atomic E-state index is 8.66. The van der Waals surface area contributed by atoms with Crippen LogP contribution in [0.15, 0.2) is 41.5 Å². The van der Waals surface area contributed by atoms with Crippen LogP contribution in [0.2, 0.25) is 0 Å². The normalized spacial score (nSPS) is 10.7. The molecule has 0 bridgehead atoms. The smallest absolute Gasteiger partial charge is 0.0620 e. The lowest BCUT2D eigenvalue weighted by atomic mass is 10.1. The van der Waals surface area contributed by atoms with Crippen LogP contribution in [0.5, 0.6) is 0 Å². The molecule has 0 aliphatic rings. The van der Waals surface area contributed by atoms with Gasteiger partial charge in [-0.3, -0.25) is 0 Å². The molecule has 0 spiro atoms. The SMILES string of the molecule is [N-]=[N+]=NC(=CCO)c1ccccc1. The van der Waals surface area contributed by atoms with Crippen molar-refractivity contribution < 1.29 is 5.11 Å². The van der Waals surface area contributed by atoms with Gasteiger partial charge in [0.15, 0.2) is 0 Å². The summed E-state index contributed by atoms with van der Waals surface area (Å²) < 4.78 is 0. The molecule has 4 heteroatoms. The Bertz CT molecular complexity index is 339. The van der Waals surface area contributed by atoms with E-state index in [9.17, 15) is 0 Å². The van der Waals surface area contributed by atoms with Crippen molar-refractivity contribution in [3.63, 3.8) is 0 Å². The van der Waals surface area contributed by atoms with E-state index in [2.05, 4.69) is 10.0 Å². The van der Waals surface area contributed by atoms with E-state index in [0.717, 1.165) is 5.56 Å². The molecule has 1 N–H and O–H groups in total. The summed E-state index contributed by atoms with van der Waals surface area (Å²) >= 11 is 0. The summed E-state index contributed by atoms with van der Waals surface area (Å²) in [4.78, 5) is 2.68. The molecule has 0 aromatic heterocycles. The monoisotopic (exact) mass is 175 g/mol. The quantitative estimate of drug-likeness (QED) is 0.427. The zero-order chi connectivity index (χ0) is 9.52. The molecular weight excluding hydrogens is 166 g/mol. The van der Waals surface area contributed by atoms with E-state index in [4.69, 9.17) is 10.6 Å². The van der Waals surface area contributed by atoms with Crippen LogP contribution >= 0.6 is 0 Å². The summed E-state index contributed by atoms with van der Waals surface area (Å²) in [7, 11) is 0. The van der Waals surface area contributed by atoms with Crippen LogP contribution < -0.4 is 0 Å². The fourth-order valence-electron chi connectivity index (χ4n) is 0.960. The van der Waals surface area contributed by atoms with Crippen molar-refractivity contribution in [3.05, 3.63) is 52.4 Å². The Balaban J connectivity index is 3.03. The van der Waals surface area contributed by atoms with E-state index in [0.29, 0.717) is 5.70 Å². The van der Waals surface area contributed by atoms with Gasteiger partial charge >= 0.3 is 0 Å². The topological polar surface area (TPSA) is 69.0 Å². The standard InChI is InChI=1S/C9H9N3O/c10-12-11-9(6-7-13)8-4-2-1-3-5-8/h1-6,13H,7H2. The van der Waals surface area contributed by atoms with Crippen LogP contribution in [0.1, 0.15) is 5.56 Å². The van der Waals surface area contributed by atoms with Crippen molar-refractivity contribution >= 4 is 5.70 Å². The fraction of sp³-hybridized carbons (Fsp3) is 0.111. The number of hydrogen-bond donors (Lipinski definition) is 1. The minimum absolute atomic E-state index is 0.136. The van der Waals surface area contributed by atoms with Crippen molar-refractivity contribution in [2.24, 2.45) is 5.11 Å². The van der Waals surface area contributed by atoms with Gasteiger partial charge in [-0.1, -0.05) is 35.4 Å². The highest BCUT2D eigenvalue weighted by molar-refractivity contribution is 5.64. The summed E-state index contributed by atoms with van der Waals surface area (Å²) in [5.74, 6) is 0. The molecule has 0 saturated heterocycles. The lowest BCUT2D eigenvalue weighted by Gasteiger charge is -1.98. The molecule has 0 heterocycles. The second kappa shape index (κ2) is 4.98. The Labute approximate surface area is 75.8 Å². The molecule has 0 radical (unpaired) electrons. The Morgan fingerprint density at radius 3 is 2.69 bits per heavy atom.